The molecule has 0 unspecified atom stereocenters. The van der Waals surface area contributed by atoms with Crippen molar-refractivity contribution in [1.82, 2.24) is 14.7 Å². The number of imidazole rings is 1. The lowest BCUT2D eigenvalue weighted by Gasteiger charge is -2.05. The molecule has 6 heteroatoms. The fraction of sp³-hybridized carbons (Fsp3) is 0.0667. The molecule has 0 saturated heterocycles. The zero-order valence-electron chi connectivity index (χ0n) is 11.1. The highest BCUT2D eigenvalue weighted by atomic mass is 79.9. The van der Waals surface area contributed by atoms with E-state index in [-0.39, 0.29) is 6.03 Å². The molecule has 2 N–H and O–H groups in total. The summed E-state index contributed by atoms with van der Waals surface area (Å²) in [6, 6.07) is 12.9. The van der Waals surface area contributed by atoms with Crippen LogP contribution in [0.4, 0.5) is 10.5 Å². The molecule has 21 heavy (non-hydrogen) atoms. The van der Waals surface area contributed by atoms with E-state index in [0.717, 1.165) is 21.5 Å². The molecule has 2 heterocycles. The van der Waals surface area contributed by atoms with Crippen LogP contribution in [0.25, 0.3) is 5.65 Å². The van der Waals surface area contributed by atoms with E-state index in [1.54, 1.807) is 0 Å². The van der Waals surface area contributed by atoms with Crippen LogP contribution in [-0.4, -0.2) is 15.4 Å². The largest absolute Gasteiger partial charge is 0.332 e. The third-order valence-electron chi connectivity index (χ3n) is 2.93. The number of hydrogen-bond acceptors (Lipinski definition) is 2. The van der Waals surface area contributed by atoms with E-state index in [2.05, 4.69) is 31.5 Å². The van der Waals surface area contributed by atoms with Gasteiger partial charge in [0.25, 0.3) is 0 Å². The highest BCUT2D eigenvalue weighted by Gasteiger charge is 2.05. The molecule has 0 bridgehead atoms. The number of carbonyl (C=O) groups is 1. The standard InChI is InChI=1S/C15H13BrN4O/c16-11-6-7-14-18-13(10-20(14)9-11)8-17-15(21)19-12-4-2-1-3-5-12/h1-7,9-10H,8H2,(H2,17,19,21). The number of anilines is 1. The van der Waals surface area contributed by atoms with Gasteiger partial charge in [0.05, 0.1) is 12.2 Å². The van der Waals surface area contributed by atoms with E-state index < -0.39 is 0 Å². The summed E-state index contributed by atoms with van der Waals surface area (Å²) in [6.45, 7) is 0.373. The Morgan fingerprint density at radius 2 is 1.95 bits per heavy atom. The van der Waals surface area contributed by atoms with Crippen molar-refractivity contribution in [3.63, 3.8) is 0 Å². The fourth-order valence-corrected chi connectivity index (χ4v) is 2.32. The lowest BCUT2D eigenvalue weighted by atomic mass is 10.3. The number of nitrogens with zero attached hydrogens (tertiary/aromatic N) is 2. The summed E-state index contributed by atoms with van der Waals surface area (Å²) in [5.41, 5.74) is 2.41. The second-order valence-corrected chi connectivity index (χ2v) is 5.43. The van der Waals surface area contributed by atoms with Gasteiger partial charge in [-0.1, -0.05) is 18.2 Å². The van der Waals surface area contributed by atoms with Gasteiger partial charge in [-0.3, -0.25) is 0 Å². The second-order valence-electron chi connectivity index (χ2n) is 4.52. The van der Waals surface area contributed by atoms with Crippen molar-refractivity contribution in [1.29, 1.82) is 0 Å². The van der Waals surface area contributed by atoms with Gasteiger partial charge in [-0.25, -0.2) is 9.78 Å². The van der Waals surface area contributed by atoms with Gasteiger partial charge in [-0.05, 0) is 40.2 Å². The molecule has 0 spiro atoms. The number of fused-ring (bicyclic) bond motifs is 1. The number of benzene rings is 1. The van der Waals surface area contributed by atoms with Crippen LogP contribution in [0.5, 0.6) is 0 Å². The van der Waals surface area contributed by atoms with Gasteiger partial charge in [-0.15, -0.1) is 0 Å². The summed E-state index contributed by atoms with van der Waals surface area (Å²) < 4.78 is 2.89. The van der Waals surface area contributed by atoms with E-state index in [0.29, 0.717) is 6.54 Å². The third kappa shape index (κ3) is 3.41. The first-order valence-electron chi connectivity index (χ1n) is 6.44. The summed E-state index contributed by atoms with van der Waals surface area (Å²) >= 11 is 3.41. The molecule has 5 nitrogen and oxygen atoms in total. The lowest BCUT2D eigenvalue weighted by Crippen LogP contribution is -2.28. The molecule has 0 atom stereocenters. The number of hydrogen-bond donors (Lipinski definition) is 2. The summed E-state index contributed by atoms with van der Waals surface area (Å²) in [7, 11) is 0. The van der Waals surface area contributed by atoms with Gasteiger partial charge in [0, 0.05) is 22.6 Å². The van der Waals surface area contributed by atoms with Gasteiger partial charge in [-0.2, -0.15) is 0 Å². The number of amides is 2. The molecular weight excluding hydrogens is 332 g/mol. The minimum atomic E-state index is -0.251. The molecule has 0 radical (unpaired) electrons. The fourth-order valence-electron chi connectivity index (χ4n) is 1.97. The predicted octanol–water partition coefficient (Wildman–Crippen LogP) is 3.42. The average Bonchev–Trinajstić information content (AvgIpc) is 2.88. The third-order valence-corrected chi connectivity index (χ3v) is 3.40. The topological polar surface area (TPSA) is 58.4 Å². The Bertz CT molecular complexity index is 770. The van der Waals surface area contributed by atoms with E-state index in [1.807, 2.05) is 59.3 Å². The minimum Gasteiger partial charge on any atom is -0.332 e. The Morgan fingerprint density at radius 3 is 2.76 bits per heavy atom. The molecule has 0 saturated carbocycles. The average molecular weight is 345 g/mol. The Morgan fingerprint density at radius 1 is 1.14 bits per heavy atom. The highest BCUT2D eigenvalue weighted by molar-refractivity contribution is 9.10. The van der Waals surface area contributed by atoms with Crippen LogP contribution in [-0.2, 0) is 6.54 Å². The van der Waals surface area contributed by atoms with Crippen molar-refractivity contribution >= 4 is 33.3 Å². The maximum atomic E-state index is 11.8. The predicted molar refractivity (Wildman–Crippen MR) is 85.2 cm³/mol. The molecule has 0 aliphatic heterocycles. The first-order valence-corrected chi connectivity index (χ1v) is 7.23. The number of aromatic nitrogens is 2. The van der Waals surface area contributed by atoms with Gasteiger partial charge in [0.15, 0.2) is 0 Å². The van der Waals surface area contributed by atoms with Crippen LogP contribution in [0, 0.1) is 0 Å². The molecule has 106 valence electrons. The molecule has 0 aliphatic carbocycles. The monoisotopic (exact) mass is 344 g/mol. The summed E-state index contributed by atoms with van der Waals surface area (Å²) in [4.78, 5) is 16.2. The lowest BCUT2D eigenvalue weighted by molar-refractivity contribution is 0.251. The molecule has 3 aromatic rings. The normalized spacial score (nSPS) is 10.5. The SMILES string of the molecule is O=C(NCc1cn2cc(Br)ccc2n1)Nc1ccccc1. The van der Waals surface area contributed by atoms with Crippen LogP contribution < -0.4 is 10.6 Å². The number of nitrogens with one attached hydrogen (secondary N) is 2. The Hall–Kier alpha value is -2.34. The van der Waals surface area contributed by atoms with Crippen LogP contribution in [0.2, 0.25) is 0 Å². The van der Waals surface area contributed by atoms with E-state index in [4.69, 9.17) is 0 Å². The number of halogens is 1. The van der Waals surface area contributed by atoms with Crippen molar-refractivity contribution < 1.29 is 4.79 Å². The van der Waals surface area contributed by atoms with Gasteiger partial charge in [0.1, 0.15) is 5.65 Å². The maximum Gasteiger partial charge on any atom is 0.319 e. The first-order chi connectivity index (χ1) is 10.2. The van der Waals surface area contributed by atoms with Crippen molar-refractivity contribution in [3.8, 4) is 0 Å². The number of pyridine rings is 1. The maximum absolute atomic E-state index is 11.8. The summed E-state index contributed by atoms with van der Waals surface area (Å²) in [6.07, 6.45) is 3.82. The van der Waals surface area contributed by atoms with E-state index in [9.17, 15) is 4.79 Å². The first kappa shape index (κ1) is 13.6. The molecule has 0 aliphatic rings. The Kier molecular flexibility index (Phi) is 3.87. The molecule has 2 aromatic heterocycles. The quantitative estimate of drug-likeness (QED) is 0.764. The zero-order valence-corrected chi connectivity index (χ0v) is 12.7. The van der Waals surface area contributed by atoms with E-state index >= 15 is 0 Å². The Labute approximate surface area is 130 Å². The zero-order chi connectivity index (χ0) is 14.7. The van der Waals surface area contributed by atoms with Crippen molar-refractivity contribution in [2.75, 3.05) is 5.32 Å². The van der Waals surface area contributed by atoms with Crippen LogP contribution >= 0.6 is 15.9 Å². The van der Waals surface area contributed by atoms with Crippen molar-refractivity contribution in [2.45, 2.75) is 6.54 Å². The second kappa shape index (κ2) is 5.97. The van der Waals surface area contributed by atoms with Crippen molar-refractivity contribution in [3.05, 3.63) is 65.0 Å². The molecule has 3 rings (SSSR count). The van der Waals surface area contributed by atoms with Crippen LogP contribution in [0.15, 0.2) is 59.3 Å². The van der Waals surface area contributed by atoms with Gasteiger partial charge >= 0.3 is 6.03 Å². The van der Waals surface area contributed by atoms with Crippen LogP contribution in [0.3, 0.4) is 0 Å². The smallest absolute Gasteiger partial charge is 0.319 e. The highest BCUT2D eigenvalue weighted by Crippen LogP contribution is 2.12. The number of urea groups is 1. The molecule has 0 fully saturated rings. The van der Waals surface area contributed by atoms with E-state index in [1.165, 1.54) is 0 Å². The summed E-state index contributed by atoms with van der Waals surface area (Å²) in [5.74, 6) is 0. The van der Waals surface area contributed by atoms with Gasteiger partial charge in [0.2, 0.25) is 0 Å². The Balaban J connectivity index is 1.62. The molecule has 1 aromatic carbocycles. The number of para-hydroxylation sites is 1. The minimum absolute atomic E-state index is 0.251. The molecule has 2 amide bonds. The van der Waals surface area contributed by atoms with Crippen LogP contribution in [0.1, 0.15) is 5.69 Å². The summed E-state index contributed by atoms with van der Waals surface area (Å²) in [5, 5.41) is 5.55. The number of carbonyl (C=O) groups excluding carboxylic acids is 1. The molecular formula is C15H13BrN4O. The number of rotatable bonds is 3. The van der Waals surface area contributed by atoms with Gasteiger partial charge < -0.3 is 15.0 Å². The van der Waals surface area contributed by atoms with Crippen molar-refractivity contribution in [2.24, 2.45) is 0 Å².